The van der Waals surface area contributed by atoms with Crippen LogP contribution in [-0.4, -0.2) is 32.3 Å². The van der Waals surface area contributed by atoms with Crippen LogP contribution in [0.4, 0.5) is 0 Å². The maximum atomic E-state index is 13.3. The molecule has 0 bridgehead atoms. The quantitative estimate of drug-likeness (QED) is 0.195. The molecule has 2 aliphatic rings. The Morgan fingerprint density at radius 3 is 2.89 bits per heavy atom. The van der Waals surface area contributed by atoms with E-state index in [0.29, 0.717) is 35.7 Å². The van der Waals surface area contributed by atoms with Crippen molar-refractivity contribution in [2.75, 3.05) is 6.61 Å². The molecule has 1 aromatic carbocycles. The monoisotopic (exact) mass is 514 g/mol. The number of rotatable bonds is 7. The number of hydrogen-bond donors (Lipinski definition) is 2. The lowest BCUT2D eigenvalue weighted by Crippen LogP contribution is -2.44. The third-order valence-corrected chi connectivity index (χ3v) is 7.41. The van der Waals surface area contributed by atoms with E-state index in [1.165, 1.54) is 0 Å². The van der Waals surface area contributed by atoms with Crippen LogP contribution in [-0.2, 0) is 41.4 Å². The van der Waals surface area contributed by atoms with Gasteiger partial charge in [-0.3, -0.25) is 4.79 Å². The van der Waals surface area contributed by atoms with Gasteiger partial charge in [0.25, 0.3) is 5.56 Å². The molecular weight excluding hydrogens is 486 g/mol. The standard InChI is InChI=1S/C29H28N3O6/c1-2-29(36)23-13-25-26-20(15-32(25)27(34)22(23)17-38-28(29)35)11-19-12-21(6-7-24(19)30-26)37-10-4-9-31-8-3-5-18(14-31)16-33/h3,5-8,11-14,33,36H,2,4,9-10,15-17H2,1H3/q+1/t29-/m0/s1. The first-order chi connectivity index (χ1) is 18.4. The maximum absolute atomic E-state index is 13.3. The first-order valence-corrected chi connectivity index (χ1v) is 12.7. The van der Waals surface area contributed by atoms with Gasteiger partial charge in [0.1, 0.15) is 12.4 Å². The van der Waals surface area contributed by atoms with E-state index < -0.39 is 11.6 Å². The van der Waals surface area contributed by atoms with E-state index in [4.69, 9.17) is 14.5 Å². The largest absolute Gasteiger partial charge is 0.493 e. The number of cyclic esters (lactones) is 1. The van der Waals surface area contributed by atoms with Gasteiger partial charge >= 0.3 is 5.97 Å². The van der Waals surface area contributed by atoms with Gasteiger partial charge in [-0.1, -0.05) is 6.92 Å². The number of ether oxygens (including phenoxy) is 2. The number of fused-ring (bicyclic) bond motifs is 5. The number of aliphatic hydroxyl groups is 2. The summed E-state index contributed by atoms with van der Waals surface area (Å²) in [5.41, 5.74) is 2.30. The summed E-state index contributed by atoms with van der Waals surface area (Å²) in [6, 6.07) is 13.2. The lowest BCUT2D eigenvalue weighted by molar-refractivity contribution is -0.697. The SMILES string of the molecule is CC[C@@]1(O)C(=O)OCc2c1cc1n(c2=O)Cc2cc3cc(OCCC[n+]4cccc(CO)c4)ccc3nc2-1. The molecule has 0 aliphatic carbocycles. The van der Waals surface area contributed by atoms with E-state index in [1.54, 1.807) is 17.6 Å². The van der Waals surface area contributed by atoms with Crippen LogP contribution in [0, 0.1) is 0 Å². The number of carbonyl (C=O) groups is 1. The van der Waals surface area contributed by atoms with Crippen molar-refractivity contribution in [3.63, 3.8) is 0 Å². The topological polar surface area (TPSA) is 115 Å². The van der Waals surface area contributed by atoms with Gasteiger partial charge in [-0.2, -0.15) is 0 Å². The van der Waals surface area contributed by atoms with Crippen LogP contribution in [0.3, 0.4) is 0 Å². The molecule has 9 heteroatoms. The van der Waals surface area contributed by atoms with Crippen LogP contribution in [0.25, 0.3) is 22.3 Å². The fourth-order valence-corrected chi connectivity index (χ4v) is 5.30. The van der Waals surface area contributed by atoms with Gasteiger partial charge in [0.05, 0.1) is 42.2 Å². The number of nitrogens with zero attached hydrogens (tertiary/aromatic N) is 3. The van der Waals surface area contributed by atoms with Crippen LogP contribution in [0.5, 0.6) is 5.75 Å². The lowest BCUT2D eigenvalue weighted by Gasteiger charge is -2.31. The summed E-state index contributed by atoms with van der Waals surface area (Å²) in [6.07, 6.45) is 4.81. The Hall–Kier alpha value is -4.08. The van der Waals surface area contributed by atoms with Crippen molar-refractivity contribution in [1.29, 1.82) is 0 Å². The van der Waals surface area contributed by atoms with Crippen molar-refractivity contribution in [1.82, 2.24) is 9.55 Å². The second kappa shape index (κ2) is 9.34. The van der Waals surface area contributed by atoms with E-state index in [0.717, 1.165) is 40.7 Å². The van der Waals surface area contributed by atoms with Gasteiger partial charge in [-0.15, -0.1) is 0 Å². The summed E-state index contributed by atoms with van der Waals surface area (Å²) in [6.45, 7) is 3.23. The van der Waals surface area contributed by atoms with Gasteiger partial charge < -0.3 is 24.3 Å². The zero-order chi connectivity index (χ0) is 26.4. The molecule has 9 nitrogen and oxygen atoms in total. The predicted molar refractivity (Wildman–Crippen MR) is 137 cm³/mol. The first kappa shape index (κ1) is 24.3. The number of aryl methyl sites for hydroxylation is 1. The normalized spacial score (nSPS) is 17.6. The minimum atomic E-state index is -1.84. The third-order valence-electron chi connectivity index (χ3n) is 7.41. The number of hydrogen-bond acceptors (Lipinski definition) is 7. The molecule has 2 N–H and O–H groups in total. The average molecular weight is 515 g/mol. The highest BCUT2D eigenvalue weighted by atomic mass is 16.6. The molecule has 0 spiro atoms. The van der Waals surface area contributed by atoms with E-state index in [2.05, 4.69) is 0 Å². The van der Waals surface area contributed by atoms with Crippen LogP contribution in [0.15, 0.2) is 59.7 Å². The summed E-state index contributed by atoms with van der Waals surface area (Å²) in [4.78, 5) is 30.5. The number of aromatic nitrogens is 3. The third kappa shape index (κ3) is 3.95. The van der Waals surface area contributed by atoms with Gasteiger partial charge in [0.2, 0.25) is 0 Å². The summed E-state index contributed by atoms with van der Waals surface area (Å²) in [7, 11) is 0. The number of esters is 1. The minimum Gasteiger partial charge on any atom is -0.493 e. The smallest absolute Gasteiger partial charge is 0.343 e. The lowest BCUT2D eigenvalue weighted by atomic mass is 9.86. The minimum absolute atomic E-state index is 0.0171. The van der Waals surface area contributed by atoms with Gasteiger partial charge in [-0.05, 0) is 42.8 Å². The molecule has 3 aromatic heterocycles. The van der Waals surface area contributed by atoms with Crippen molar-refractivity contribution >= 4 is 16.9 Å². The molecular formula is C29H28N3O6+. The fourth-order valence-electron chi connectivity index (χ4n) is 5.30. The Morgan fingerprint density at radius 1 is 1.21 bits per heavy atom. The van der Waals surface area contributed by atoms with Crippen molar-refractivity contribution in [3.05, 3.63) is 87.5 Å². The molecule has 194 valence electrons. The molecule has 5 heterocycles. The van der Waals surface area contributed by atoms with Crippen molar-refractivity contribution < 1.29 is 29.0 Å². The zero-order valence-electron chi connectivity index (χ0n) is 21.0. The second-order valence-corrected chi connectivity index (χ2v) is 9.76. The number of carbonyl (C=O) groups excluding carboxylic acids is 1. The molecule has 38 heavy (non-hydrogen) atoms. The van der Waals surface area contributed by atoms with E-state index >= 15 is 0 Å². The number of benzene rings is 1. The second-order valence-electron chi connectivity index (χ2n) is 9.76. The zero-order valence-corrected chi connectivity index (χ0v) is 21.0. The van der Waals surface area contributed by atoms with E-state index in [9.17, 15) is 19.8 Å². The summed E-state index contributed by atoms with van der Waals surface area (Å²) < 4.78 is 14.8. The molecule has 0 fully saturated rings. The summed E-state index contributed by atoms with van der Waals surface area (Å²) in [5.74, 6) is 0.00603. The van der Waals surface area contributed by atoms with Crippen molar-refractivity contribution in [2.24, 2.45) is 0 Å². The van der Waals surface area contributed by atoms with Crippen LogP contribution in [0.1, 0.15) is 42.0 Å². The molecule has 0 radical (unpaired) electrons. The van der Waals surface area contributed by atoms with E-state index in [-0.39, 0.29) is 25.2 Å². The Bertz CT molecular complexity index is 1650. The van der Waals surface area contributed by atoms with Crippen LogP contribution >= 0.6 is 0 Å². The Labute approximate surface area is 218 Å². The highest BCUT2D eigenvalue weighted by molar-refractivity contribution is 5.87. The van der Waals surface area contributed by atoms with Crippen molar-refractivity contribution in [2.45, 2.75) is 51.7 Å². The molecule has 0 saturated heterocycles. The molecule has 0 unspecified atom stereocenters. The fraction of sp³-hybridized carbons (Fsp3) is 0.310. The summed E-state index contributed by atoms with van der Waals surface area (Å²) >= 11 is 0. The number of pyridine rings is 3. The highest BCUT2D eigenvalue weighted by Gasteiger charge is 2.45. The van der Waals surface area contributed by atoms with Gasteiger partial charge in [0, 0.05) is 34.6 Å². The van der Waals surface area contributed by atoms with Crippen LogP contribution < -0.4 is 14.9 Å². The Morgan fingerprint density at radius 2 is 2.08 bits per heavy atom. The molecule has 6 rings (SSSR count). The molecule has 0 amide bonds. The number of aliphatic hydroxyl groups excluding tert-OH is 1. The first-order valence-electron chi connectivity index (χ1n) is 12.7. The van der Waals surface area contributed by atoms with Crippen molar-refractivity contribution in [3.8, 4) is 17.1 Å². The Kier molecular flexibility index (Phi) is 5.97. The van der Waals surface area contributed by atoms with Gasteiger partial charge in [0.15, 0.2) is 24.5 Å². The maximum Gasteiger partial charge on any atom is 0.343 e. The predicted octanol–water partition coefficient (Wildman–Crippen LogP) is 2.33. The molecule has 2 aliphatic heterocycles. The average Bonchev–Trinajstić information content (AvgIpc) is 3.30. The van der Waals surface area contributed by atoms with Crippen LogP contribution in [0.2, 0.25) is 0 Å². The molecule has 1 atom stereocenters. The molecule has 0 saturated carbocycles. The molecule has 4 aromatic rings. The van der Waals surface area contributed by atoms with E-state index in [1.807, 2.05) is 53.4 Å². The van der Waals surface area contributed by atoms with Gasteiger partial charge in [-0.25, -0.2) is 14.3 Å². The Balaban J connectivity index is 1.24. The summed E-state index contributed by atoms with van der Waals surface area (Å²) in [5, 5.41) is 21.2. The highest BCUT2D eigenvalue weighted by Crippen LogP contribution is 2.38.